The lowest BCUT2D eigenvalue weighted by atomic mass is 10.2. The molecule has 0 spiro atoms. The number of carbonyl (C=O) groups is 1. The van der Waals surface area contributed by atoms with Gasteiger partial charge in [0.1, 0.15) is 6.54 Å². The van der Waals surface area contributed by atoms with Crippen LogP contribution >= 0.6 is 11.6 Å². The summed E-state index contributed by atoms with van der Waals surface area (Å²) >= 11 is 5.92. The van der Waals surface area contributed by atoms with E-state index in [1.54, 1.807) is 54.6 Å². The van der Waals surface area contributed by atoms with Crippen LogP contribution in [0.4, 0.5) is 17.1 Å². The first-order chi connectivity index (χ1) is 18.0. The van der Waals surface area contributed by atoms with Crippen molar-refractivity contribution in [2.45, 2.75) is 16.7 Å². The Labute approximate surface area is 227 Å². The standard InChI is InChI=1S/C27H24ClN3O5S2/c1-20-7-13-24(14-8-20)31(38(35,36)26-15-9-21(28)10-16-26)19-27(32)29-22-11-17-25(18-12-22)37(33,34)30-23-5-3-2-4-6-23/h2-18,30H,19H2,1H3,(H,29,32). The van der Waals surface area contributed by atoms with E-state index in [-0.39, 0.29) is 9.79 Å². The predicted molar refractivity (Wildman–Crippen MR) is 149 cm³/mol. The number of hydrogen-bond acceptors (Lipinski definition) is 5. The third-order valence-electron chi connectivity index (χ3n) is 5.49. The van der Waals surface area contributed by atoms with Crippen molar-refractivity contribution in [1.29, 1.82) is 0 Å². The first kappa shape index (κ1) is 27.2. The number of hydrogen-bond donors (Lipinski definition) is 2. The second-order valence-electron chi connectivity index (χ2n) is 8.35. The number of anilines is 3. The van der Waals surface area contributed by atoms with Crippen molar-refractivity contribution in [3.8, 4) is 0 Å². The van der Waals surface area contributed by atoms with Crippen molar-refractivity contribution in [3.05, 3.63) is 114 Å². The highest BCUT2D eigenvalue weighted by Gasteiger charge is 2.27. The highest BCUT2D eigenvalue weighted by Crippen LogP contribution is 2.25. The Hall–Kier alpha value is -3.86. The van der Waals surface area contributed by atoms with Gasteiger partial charge in [-0.2, -0.15) is 0 Å². The Morgan fingerprint density at radius 1 is 0.737 bits per heavy atom. The van der Waals surface area contributed by atoms with Gasteiger partial charge in [0, 0.05) is 16.4 Å². The lowest BCUT2D eigenvalue weighted by molar-refractivity contribution is -0.114. The van der Waals surface area contributed by atoms with Crippen LogP contribution in [0.1, 0.15) is 5.56 Å². The molecule has 0 heterocycles. The summed E-state index contributed by atoms with van der Waals surface area (Å²) in [6, 6.07) is 26.4. The second kappa shape index (κ2) is 11.3. The SMILES string of the molecule is Cc1ccc(N(CC(=O)Nc2ccc(S(=O)(=O)Nc3ccccc3)cc2)S(=O)(=O)c2ccc(Cl)cc2)cc1. The molecule has 196 valence electrons. The summed E-state index contributed by atoms with van der Waals surface area (Å²) in [6.07, 6.45) is 0. The van der Waals surface area contributed by atoms with Crippen LogP contribution in [0.15, 0.2) is 113 Å². The average molecular weight is 570 g/mol. The van der Waals surface area contributed by atoms with Crippen LogP contribution < -0.4 is 14.3 Å². The summed E-state index contributed by atoms with van der Waals surface area (Å²) in [4.78, 5) is 12.9. The lowest BCUT2D eigenvalue weighted by Crippen LogP contribution is -2.38. The maximum Gasteiger partial charge on any atom is 0.264 e. The largest absolute Gasteiger partial charge is 0.325 e. The molecule has 0 aliphatic heterocycles. The molecule has 0 aliphatic rings. The molecule has 0 bridgehead atoms. The van der Waals surface area contributed by atoms with Gasteiger partial charge in [-0.3, -0.25) is 13.8 Å². The third-order valence-corrected chi connectivity index (χ3v) is 8.92. The Morgan fingerprint density at radius 3 is 1.92 bits per heavy atom. The molecular weight excluding hydrogens is 546 g/mol. The number of aryl methyl sites for hydroxylation is 1. The van der Waals surface area contributed by atoms with Gasteiger partial charge in [0.2, 0.25) is 5.91 Å². The summed E-state index contributed by atoms with van der Waals surface area (Å²) in [6.45, 7) is 1.36. The summed E-state index contributed by atoms with van der Waals surface area (Å²) in [7, 11) is -7.93. The van der Waals surface area contributed by atoms with Crippen LogP contribution in [0, 0.1) is 6.92 Å². The van der Waals surface area contributed by atoms with Gasteiger partial charge in [-0.15, -0.1) is 0 Å². The van der Waals surface area contributed by atoms with Gasteiger partial charge >= 0.3 is 0 Å². The van der Waals surface area contributed by atoms with Crippen molar-refractivity contribution in [3.63, 3.8) is 0 Å². The molecule has 2 N–H and O–H groups in total. The maximum absolute atomic E-state index is 13.5. The van der Waals surface area contributed by atoms with Gasteiger partial charge in [-0.1, -0.05) is 47.5 Å². The minimum atomic E-state index is -4.10. The highest BCUT2D eigenvalue weighted by molar-refractivity contribution is 7.93. The van der Waals surface area contributed by atoms with E-state index in [2.05, 4.69) is 10.0 Å². The molecule has 0 unspecified atom stereocenters. The molecule has 4 aromatic carbocycles. The van der Waals surface area contributed by atoms with E-state index in [1.807, 2.05) is 6.92 Å². The summed E-state index contributed by atoms with van der Waals surface area (Å²) < 4.78 is 55.7. The number of rotatable bonds is 9. The predicted octanol–water partition coefficient (Wildman–Crippen LogP) is 5.28. The molecule has 4 aromatic rings. The smallest absolute Gasteiger partial charge is 0.264 e. The Balaban J connectivity index is 1.53. The molecular formula is C27H24ClN3O5S2. The van der Waals surface area contributed by atoms with Crippen LogP contribution in [-0.2, 0) is 24.8 Å². The minimum absolute atomic E-state index is 0.00551. The number of benzene rings is 4. The van der Waals surface area contributed by atoms with E-state index in [1.165, 1.54) is 48.5 Å². The Kier molecular flexibility index (Phi) is 8.05. The van der Waals surface area contributed by atoms with Gasteiger partial charge in [0.15, 0.2) is 0 Å². The summed E-state index contributed by atoms with van der Waals surface area (Å²) in [5.74, 6) is -0.610. The Morgan fingerprint density at radius 2 is 1.32 bits per heavy atom. The molecule has 0 radical (unpaired) electrons. The Bertz CT molecular complexity index is 1630. The number of para-hydroxylation sites is 1. The van der Waals surface area contributed by atoms with Crippen LogP contribution in [0.2, 0.25) is 5.02 Å². The number of sulfonamides is 2. The molecule has 0 atom stereocenters. The number of nitrogens with one attached hydrogen (secondary N) is 2. The zero-order chi connectivity index (χ0) is 27.3. The number of amides is 1. The normalized spacial score (nSPS) is 11.5. The van der Waals surface area contributed by atoms with Crippen LogP contribution in [-0.4, -0.2) is 29.3 Å². The van der Waals surface area contributed by atoms with Crippen molar-refractivity contribution in [2.24, 2.45) is 0 Å². The van der Waals surface area contributed by atoms with Gasteiger partial charge in [0.05, 0.1) is 15.5 Å². The average Bonchev–Trinajstić information content (AvgIpc) is 2.89. The molecule has 0 aromatic heterocycles. The quantitative estimate of drug-likeness (QED) is 0.285. The molecule has 4 rings (SSSR count). The fourth-order valence-electron chi connectivity index (χ4n) is 3.53. The van der Waals surface area contributed by atoms with E-state index in [0.717, 1.165) is 9.87 Å². The number of nitrogens with zero attached hydrogens (tertiary/aromatic N) is 1. The fourth-order valence-corrected chi connectivity index (χ4v) is 6.13. The number of carbonyl (C=O) groups excluding carboxylic acids is 1. The molecule has 8 nitrogen and oxygen atoms in total. The topological polar surface area (TPSA) is 113 Å². The second-order valence-corrected chi connectivity index (χ2v) is 12.3. The molecule has 0 aliphatic carbocycles. The summed E-state index contributed by atoms with van der Waals surface area (Å²) in [5.41, 5.74) is 1.97. The number of halogens is 1. The van der Waals surface area contributed by atoms with Gasteiger partial charge in [-0.05, 0) is 79.7 Å². The van der Waals surface area contributed by atoms with E-state index < -0.39 is 32.5 Å². The molecule has 0 saturated carbocycles. The highest BCUT2D eigenvalue weighted by atomic mass is 35.5. The van der Waals surface area contributed by atoms with Gasteiger partial charge < -0.3 is 5.32 Å². The van der Waals surface area contributed by atoms with E-state index in [4.69, 9.17) is 11.6 Å². The van der Waals surface area contributed by atoms with Gasteiger partial charge in [-0.25, -0.2) is 16.8 Å². The molecule has 0 fully saturated rings. The summed E-state index contributed by atoms with van der Waals surface area (Å²) in [5, 5.41) is 3.02. The van der Waals surface area contributed by atoms with E-state index in [0.29, 0.717) is 22.1 Å². The van der Waals surface area contributed by atoms with Crippen molar-refractivity contribution >= 4 is 54.6 Å². The molecule has 1 amide bonds. The van der Waals surface area contributed by atoms with Crippen molar-refractivity contribution < 1.29 is 21.6 Å². The molecule has 38 heavy (non-hydrogen) atoms. The monoisotopic (exact) mass is 569 g/mol. The van der Waals surface area contributed by atoms with Crippen molar-refractivity contribution in [2.75, 3.05) is 20.9 Å². The van der Waals surface area contributed by atoms with E-state index in [9.17, 15) is 21.6 Å². The van der Waals surface area contributed by atoms with Crippen LogP contribution in [0.25, 0.3) is 0 Å². The van der Waals surface area contributed by atoms with Crippen molar-refractivity contribution in [1.82, 2.24) is 0 Å². The van der Waals surface area contributed by atoms with Crippen LogP contribution in [0.5, 0.6) is 0 Å². The molecule has 11 heteroatoms. The molecule has 0 saturated heterocycles. The zero-order valence-corrected chi connectivity index (χ0v) is 22.6. The lowest BCUT2D eigenvalue weighted by Gasteiger charge is -2.24. The maximum atomic E-state index is 13.5. The van der Waals surface area contributed by atoms with Gasteiger partial charge in [0.25, 0.3) is 20.0 Å². The fraction of sp³-hybridized carbons (Fsp3) is 0.0741. The third kappa shape index (κ3) is 6.52. The van der Waals surface area contributed by atoms with E-state index >= 15 is 0 Å². The first-order valence-electron chi connectivity index (χ1n) is 11.4. The zero-order valence-electron chi connectivity index (χ0n) is 20.2. The minimum Gasteiger partial charge on any atom is -0.325 e. The van der Waals surface area contributed by atoms with Crippen LogP contribution in [0.3, 0.4) is 0 Å². The first-order valence-corrected chi connectivity index (χ1v) is 14.7.